The van der Waals surface area contributed by atoms with Gasteiger partial charge in [-0.1, -0.05) is 36.4 Å². The van der Waals surface area contributed by atoms with Gasteiger partial charge >= 0.3 is 6.18 Å². The molecule has 0 aliphatic heterocycles. The third-order valence-electron chi connectivity index (χ3n) is 4.33. The largest absolute Gasteiger partial charge is 0.433 e. The number of pyridine rings is 2. The van der Waals surface area contributed by atoms with E-state index >= 15 is 0 Å². The number of alkyl halides is 3. The van der Waals surface area contributed by atoms with Gasteiger partial charge < -0.3 is 5.32 Å². The molecule has 0 spiro atoms. The number of carbonyl (C=O) groups excluding carboxylic acids is 1. The number of benzene rings is 2. The van der Waals surface area contributed by atoms with E-state index in [-0.39, 0.29) is 5.69 Å². The number of anilines is 1. The number of fused-ring (bicyclic) bond motifs is 1. The molecule has 4 aromatic rings. The predicted molar refractivity (Wildman–Crippen MR) is 104 cm³/mol. The van der Waals surface area contributed by atoms with E-state index in [4.69, 9.17) is 0 Å². The zero-order chi connectivity index (χ0) is 20.4. The molecule has 0 radical (unpaired) electrons. The van der Waals surface area contributed by atoms with Crippen LogP contribution in [0.2, 0.25) is 0 Å². The van der Waals surface area contributed by atoms with Crippen LogP contribution in [-0.2, 0) is 6.18 Å². The quantitative estimate of drug-likeness (QED) is 0.495. The summed E-state index contributed by atoms with van der Waals surface area (Å²) in [6.07, 6.45) is -3.54. The highest BCUT2D eigenvalue weighted by atomic mass is 19.4. The second-order valence-corrected chi connectivity index (χ2v) is 6.35. The summed E-state index contributed by atoms with van der Waals surface area (Å²) < 4.78 is 37.7. The molecule has 29 heavy (non-hydrogen) atoms. The molecule has 0 saturated carbocycles. The summed E-state index contributed by atoms with van der Waals surface area (Å²) in [6, 6.07) is 20.5. The molecular formula is C22H14F3N3O. The number of amides is 1. The first-order valence-corrected chi connectivity index (χ1v) is 8.71. The van der Waals surface area contributed by atoms with Crippen LogP contribution in [0.1, 0.15) is 16.1 Å². The van der Waals surface area contributed by atoms with E-state index in [1.807, 2.05) is 42.5 Å². The number of nitrogens with zero attached hydrogens (tertiary/aromatic N) is 2. The number of hydrogen-bond acceptors (Lipinski definition) is 3. The van der Waals surface area contributed by atoms with Crippen molar-refractivity contribution in [3.05, 3.63) is 90.3 Å². The summed E-state index contributed by atoms with van der Waals surface area (Å²) in [5, 5.41) is 3.33. The lowest BCUT2D eigenvalue weighted by atomic mass is 10.1. The van der Waals surface area contributed by atoms with Crippen molar-refractivity contribution in [3.63, 3.8) is 0 Å². The lowest BCUT2D eigenvalue weighted by Crippen LogP contribution is -2.13. The van der Waals surface area contributed by atoms with E-state index in [1.54, 1.807) is 18.2 Å². The third kappa shape index (κ3) is 4.08. The monoisotopic (exact) mass is 393 g/mol. The molecule has 2 aromatic heterocycles. The minimum atomic E-state index is -4.52. The molecule has 0 aliphatic carbocycles. The van der Waals surface area contributed by atoms with Crippen LogP contribution < -0.4 is 5.32 Å². The molecule has 4 rings (SSSR count). The number of carbonyl (C=O) groups is 1. The lowest BCUT2D eigenvalue weighted by molar-refractivity contribution is -0.141. The van der Waals surface area contributed by atoms with Gasteiger partial charge in [-0.25, -0.2) is 9.97 Å². The number of aromatic nitrogens is 2. The van der Waals surface area contributed by atoms with E-state index < -0.39 is 17.8 Å². The van der Waals surface area contributed by atoms with Crippen LogP contribution in [0, 0.1) is 0 Å². The summed E-state index contributed by atoms with van der Waals surface area (Å²) >= 11 is 0. The first-order valence-electron chi connectivity index (χ1n) is 8.71. The van der Waals surface area contributed by atoms with Crippen molar-refractivity contribution >= 4 is 22.5 Å². The average Bonchev–Trinajstić information content (AvgIpc) is 2.73. The zero-order valence-corrected chi connectivity index (χ0v) is 14.9. The minimum Gasteiger partial charge on any atom is -0.321 e. The molecule has 2 heterocycles. The second kappa shape index (κ2) is 7.35. The highest BCUT2D eigenvalue weighted by Gasteiger charge is 2.32. The summed E-state index contributed by atoms with van der Waals surface area (Å²) in [5.41, 5.74) is 2.09. The van der Waals surface area contributed by atoms with Crippen molar-refractivity contribution < 1.29 is 18.0 Å². The van der Waals surface area contributed by atoms with Crippen molar-refractivity contribution in [2.45, 2.75) is 6.18 Å². The lowest BCUT2D eigenvalue weighted by Gasteiger charge is -2.09. The Labute approximate surface area is 164 Å². The standard InChI is InChI=1S/C22H14F3N3O/c23-22(24,25)20-11-8-17(13-26-20)27-21(29)16-7-10-19-15(12-16)6-9-18(28-19)14-4-2-1-3-5-14/h1-13H,(H,27,29). The normalized spacial score (nSPS) is 11.4. The molecule has 0 aliphatic rings. The molecule has 2 aromatic carbocycles. The van der Waals surface area contributed by atoms with E-state index in [0.29, 0.717) is 5.56 Å². The van der Waals surface area contributed by atoms with Crippen LogP contribution >= 0.6 is 0 Å². The molecule has 0 saturated heterocycles. The molecule has 1 N–H and O–H groups in total. The van der Waals surface area contributed by atoms with Gasteiger partial charge in [0.25, 0.3) is 5.91 Å². The zero-order valence-electron chi connectivity index (χ0n) is 14.9. The van der Waals surface area contributed by atoms with Crippen molar-refractivity contribution in [1.82, 2.24) is 9.97 Å². The van der Waals surface area contributed by atoms with Crippen molar-refractivity contribution in [2.24, 2.45) is 0 Å². The Bertz CT molecular complexity index is 1170. The van der Waals surface area contributed by atoms with Gasteiger partial charge in [0, 0.05) is 16.5 Å². The van der Waals surface area contributed by atoms with Gasteiger partial charge in [0.15, 0.2) is 0 Å². The summed E-state index contributed by atoms with van der Waals surface area (Å²) in [7, 11) is 0. The molecule has 0 bridgehead atoms. The first-order chi connectivity index (χ1) is 13.9. The molecule has 7 heteroatoms. The van der Waals surface area contributed by atoms with Crippen LogP contribution in [0.15, 0.2) is 79.0 Å². The molecule has 0 atom stereocenters. The van der Waals surface area contributed by atoms with Crippen LogP contribution in [-0.4, -0.2) is 15.9 Å². The average molecular weight is 393 g/mol. The number of halogens is 3. The Kier molecular flexibility index (Phi) is 4.72. The van der Waals surface area contributed by atoms with Crippen molar-refractivity contribution in [3.8, 4) is 11.3 Å². The predicted octanol–water partition coefficient (Wildman–Crippen LogP) is 5.57. The van der Waals surface area contributed by atoms with Gasteiger partial charge in [-0.2, -0.15) is 13.2 Å². The van der Waals surface area contributed by atoms with Gasteiger partial charge in [-0.15, -0.1) is 0 Å². The fourth-order valence-corrected chi connectivity index (χ4v) is 2.88. The fourth-order valence-electron chi connectivity index (χ4n) is 2.88. The topological polar surface area (TPSA) is 54.9 Å². The van der Waals surface area contributed by atoms with Crippen molar-refractivity contribution in [2.75, 3.05) is 5.32 Å². The highest BCUT2D eigenvalue weighted by Crippen LogP contribution is 2.28. The number of rotatable bonds is 3. The van der Waals surface area contributed by atoms with Gasteiger partial charge in [0.1, 0.15) is 5.69 Å². The minimum absolute atomic E-state index is 0.181. The van der Waals surface area contributed by atoms with Gasteiger partial charge in [-0.05, 0) is 36.4 Å². The van der Waals surface area contributed by atoms with Gasteiger partial charge in [0.2, 0.25) is 0 Å². The van der Waals surface area contributed by atoms with Crippen LogP contribution in [0.25, 0.3) is 22.2 Å². The van der Waals surface area contributed by atoms with Crippen LogP contribution in [0.3, 0.4) is 0 Å². The highest BCUT2D eigenvalue weighted by molar-refractivity contribution is 6.06. The maximum Gasteiger partial charge on any atom is 0.433 e. The van der Waals surface area contributed by atoms with Crippen LogP contribution in [0.5, 0.6) is 0 Å². The first kappa shape index (κ1) is 18.6. The van der Waals surface area contributed by atoms with Crippen LogP contribution in [0.4, 0.5) is 18.9 Å². The molecule has 144 valence electrons. The third-order valence-corrected chi connectivity index (χ3v) is 4.33. The number of hydrogen-bond donors (Lipinski definition) is 1. The molecule has 0 unspecified atom stereocenters. The molecule has 1 amide bonds. The van der Waals surface area contributed by atoms with Gasteiger partial charge in [0.05, 0.1) is 23.1 Å². The Hall–Kier alpha value is -3.74. The fraction of sp³-hybridized carbons (Fsp3) is 0.0455. The Morgan fingerprint density at radius 3 is 2.38 bits per heavy atom. The maximum atomic E-state index is 12.6. The molecule has 4 nitrogen and oxygen atoms in total. The second-order valence-electron chi connectivity index (χ2n) is 6.35. The van der Waals surface area contributed by atoms with Gasteiger partial charge in [-0.3, -0.25) is 4.79 Å². The molecule has 0 fully saturated rings. The summed E-state index contributed by atoms with van der Waals surface area (Å²) in [4.78, 5) is 20.4. The van der Waals surface area contributed by atoms with E-state index in [9.17, 15) is 18.0 Å². The smallest absolute Gasteiger partial charge is 0.321 e. The van der Waals surface area contributed by atoms with E-state index in [2.05, 4.69) is 15.3 Å². The number of nitrogens with one attached hydrogen (secondary N) is 1. The summed E-state index contributed by atoms with van der Waals surface area (Å²) in [6.45, 7) is 0. The molecular weight excluding hydrogens is 379 g/mol. The van der Waals surface area contributed by atoms with E-state index in [1.165, 1.54) is 6.07 Å². The SMILES string of the molecule is O=C(Nc1ccc(C(F)(F)F)nc1)c1ccc2nc(-c3ccccc3)ccc2c1. The Morgan fingerprint density at radius 2 is 1.69 bits per heavy atom. The van der Waals surface area contributed by atoms with E-state index in [0.717, 1.165) is 34.4 Å². The van der Waals surface area contributed by atoms with Crippen molar-refractivity contribution in [1.29, 1.82) is 0 Å². The Morgan fingerprint density at radius 1 is 0.897 bits per heavy atom. The Balaban J connectivity index is 1.55. The summed E-state index contributed by atoms with van der Waals surface area (Å²) in [5.74, 6) is -0.444. The maximum absolute atomic E-state index is 12.6.